The maximum absolute atomic E-state index is 11.6. The molecule has 0 aliphatic heterocycles. The van der Waals surface area contributed by atoms with Crippen molar-refractivity contribution in [2.45, 2.75) is 25.4 Å². The van der Waals surface area contributed by atoms with Crippen LogP contribution >= 0.6 is 0 Å². The first-order chi connectivity index (χ1) is 9.16. The second-order valence-corrected chi connectivity index (χ2v) is 4.89. The number of hydrogen-bond acceptors (Lipinski definition) is 4. The van der Waals surface area contributed by atoms with Gasteiger partial charge in [0.1, 0.15) is 5.75 Å². The van der Waals surface area contributed by atoms with Gasteiger partial charge >= 0.3 is 0 Å². The van der Waals surface area contributed by atoms with E-state index in [-0.39, 0.29) is 24.5 Å². The molecule has 2 unspecified atom stereocenters. The van der Waals surface area contributed by atoms with E-state index in [1.165, 1.54) is 0 Å². The van der Waals surface area contributed by atoms with Crippen LogP contribution in [0.2, 0.25) is 0 Å². The number of ether oxygens (including phenoxy) is 1. The van der Waals surface area contributed by atoms with Crippen molar-refractivity contribution < 1.29 is 14.6 Å². The van der Waals surface area contributed by atoms with E-state index in [9.17, 15) is 9.90 Å². The molecule has 0 aromatic heterocycles. The van der Waals surface area contributed by atoms with Crippen LogP contribution in [0.15, 0.2) is 24.3 Å². The molecular weight excluding hydrogens is 244 g/mol. The van der Waals surface area contributed by atoms with Gasteiger partial charge in [-0.15, -0.1) is 0 Å². The number of hydrogen-bond donors (Lipinski definition) is 3. The Kier molecular flexibility index (Phi) is 4.63. The van der Waals surface area contributed by atoms with E-state index in [0.29, 0.717) is 18.0 Å². The third kappa shape index (κ3) is 3.86. The van der Waals surface area contributed by atoms with Gasteiger partial charge in [0.25, 0.3) is 5.91 Å². The first-order valence-corrected chi connectivity index (χ1v) is 6.59. The minimum Gasteiger partial charge on any atom is -0.482 e. The Balaban J connectivity index is 1.71. The second-order valence-electron chi connectivity index (χ2n) is 4.89. The summed E-state index contributed by atoms with van der Waals surface area (Å²) >= 11 is 0. The summed E-state index contributed by atoms with van der Waals surface area (Å²) in [5, 5.41) is 12.4. The summed E-state index contributed by atoms with van der Waals surface area (Å²) in [4.78, 5) is 11.6. The minimum absolute atomic E-state index is 0.0585. The van der Waals surface area contributed by atoms with Crippen molar-refractivity contribution in [1.29, 1.82) is 0 Å². The number of anilines is 1. The van der Waals surface area contributed by atoms with Crippen LogP contribution in [-0.2, 0) is 4.79 Å². The van der Waals surface area contributed by atoms with E-state index >= 15 is 0 Å². The molecule has 104 valence electrons. The van der Waals surface area contributed by atoms with Crippen molar-refractivity contribution in [3.05, 3.63) is 24.3 Å². The molecule has 5 nitrogen and oxygen atoms in total. The number of aliphatic hydroxyl groups is 1. The van der Waals surface area contributed by atoms with Gasteiger partial charge in [0, 0.05) is 12.5 Å². The predicted molar refractivity (Wildman–Crippen MR) is 72.7 cm³/mol. The third-order valence-electron chi connectivity index (χ3n) is 3.46. The van der Waals surface area contributed by atoms with Crippen molar-refractivity contribution in [3.63, 3.8) is 0 Å². The van der Waals surface area contributed by atoms with Crippen LogP contribution in [0.3, 0.4) is 0 Å². The Morgan fingerprint density at radius 2 is 2.21 bits per heavy atom. The van der Waals surface area contributed by atoms with Crippen molar-refractivity contribution in [2.75, 3.05) is 18.9 Å². The zero-order valence-corrected chi connectivity index (χ0v) is 10.8. The fraction of sp³-hybridized carbons (Fsp3) is 0.500. The third-order valence-corrected chi connectivity index (χ3v) is 3.46. The number of rotatable bonds is 5. The second kappa shape index (κ2) is 6.43. The van der Waals surface area contributed by atoms with Gasteiger partial charge < -0.3 is 20.9 Å². The molecule has 0 bridgehead atoms. The highest BCUT2D eigenvalue weighted by atomic mass is 16.5. The predicted octanol–water partition coefficient (Wildman–Crippen LogP) is 0.925. The highest BCUT2D eigenvalue weighted by Gasteiger charge is 2.25. The molecule has 2 rings (SSSR count). The lowest BCUT2D eigenvalue weighted by Crippen LogP contribution is -2.35. The average molecular weight is 264 g/mol. The normalized spacial score (nSPS) is 22.2. The van der Waals surface area contributed by atoms with Crippen LogP contribution < -0.4 is 15.8 Å². The molecule has 0 saturated heterocycles. The molecule has 19 heavy (non-hydrogen) atoms. The summed E-state index contributed by atoms with van der Waals surface area (Å²) in [6.45, 7) is 0.449. The van der Waals surface area contributed by atoms with Crippen LogP contribution in [0.5, 0.6) is 5.75 Å². The van der Waals surface area contributed by atoms with Crippen molar-refractivity contribution in [1.82, 2.24) is 5.32 Å². The number of amides is 1. The number of carbonyl (C=O) groups excluding carboxylic acids is 1. The monoisotopic (exact) mass is 264 g/mol. The quantitative estimate of drug-likeness (QED) is 0.691. The topological polar surface area (TPSA) is 84.6 Å². The molecule has 1 fully saturated rings. The van der Waals surface area contributed by atoms with Crippen LogP contribution in [-0.4, -0.2) is 30.3 Å². The summed E-state index contributed by atoms with van der Waals surface area (Å²) in [5.41, 5.74) is 6.22. The van der Waals surface area contributed by atoms with Gasteiger partial charge in [0.05, 0.1) is 11.8 Å². The highest BCUT2D eigenvalue weighted by Crippen LogP contribution is 2.24. The maximum atomic E-state index is 11.6. The average Bonchev–Trinajstić information content (AvgIpc) is 2.81. The zero-order chi connectivity index (χ0) is 13.7. The molecule has 2 atom stereocenters. The lowest BCUT2D eigenvalue weighted by atomic mass is 10.1. The summed E-state index contributed by atoms with van der Waals surface area (Å²) in [6, 6.07) is 7.06. The molecule has 1 saturated carbocycles. The van der Waals surface area contributed by atoms with E-state index in [2.05, 4.69) is 5.32 Å². The maximum Gasteiger partial charge on any atom is 0.257 e. The lowest BCUT2D eigenvalue weighted by Gasteiger charge is -2.15. The Morgan fingerprint density at radius 1 is 1.42 bits per heavy atom. The number of carbonyl (C=O) groups is 1. The molecule has 1 aliphatic carbocycles. The van der Waals surface area contributed by atoms with Gasteiger partial charge in [0.15, 0.2) is 6.61 Å². The first-order valence-electron chi connectivity index (χ1n) is 6.59. The minimum atomic E-state index is -0.286. The Bertz CT molecular complexity index is 436. The van der Waals surface area contributed by atoms with E-state index in [4.69, 9.17) is 10.5 Å². The van der Waals surface area contributed by atoms with Gasteiger partial charge in [0.2, 0.25) is 0 Å². The van der Waals surface area contributed by atoms with Gasteiger partial charge in [-0.3, -0.25) is 4.79 Å². The molecule has 4 N–H and O–H groups in total. The molecular formula is C14H20N2O3. The molecule has 0 radical (unpaired) electrons. The molecule has 0 spiro atoms. The van der Waals surface area contributed by atoms with Gasteiger partial charge in [-0.1, -0.05) is 18.6 Å². The van der Waals surface area contributed by atoms with E-state index in [1.807, 2.05) is 6.07 Å². The Labute approximate surface area is 112 Å². The summed E-state index contributed by atoms with van der Waals surface area (Å²) in [7, 11) is 0. The summed E-state index contributed by atoms with van der Waals surface area (Å²) < 4.78 is 5.34. The zero-order valence-electron chi connectivity index (χ0n) is 10.8. The molecule has 1 aliphatic rings. The number of nitrogens with two attached hydrogens (primary N) is 1. The van der Waals surface area contributed by atoms with Crippen molar-refractivity contribution >= 4 is 11.6 Å². The fourth-order valence-corrected chi connectivity index (χ4v) is 2.31. The number of aliphatic hydroxyl groups excluding tert-OH is 1. The number of nitrogen functional groups attached to an aromatic ring is 1. The molecule has 0 heterocycles. The largest absolute Gasteiger partial charge is 0.482 e. The standard InChI is InChI=1S/C14H20N2O3/c15-11-5-1-2-7-13(11)19-9-14(18)16-8-10-4-3-6-12(10)17/h1-2,5,7,10,12,17H,3-4,6,8-9,15H2,(H,16,18). The molecule has 1 amide bonds. The van der Waals surface area contributed by atoms with Crippen LogP contribution in [0.4, 0.5) is 5.69 Å². The molecule has 1 aromatic carbocycles. The van der Waals surface area contributed by atoms with E-state index in [0.717, 1.165) is 19.3 Å². The SMILES string of the molecule is Nc1ccccc1OCC(=O)NCC1CCCC1O. The van der Waals surface area contributed by atoms with Crippen LogP contribution in [0, 0.1) is 5.92 Å². The van der Waals surface area contributed by atoms with Crippen molar-refractivity contribution in [2.24, 2.45) is 5.92 Å². The van der Waals surface area contributed by atoms with E-state index < -0.39 is 0 Å². The van der Waals surface area contributed by atoms with Gasteiger partial charge in [-0.05, 0) is 25.0 Å². The summed E-state index contributed by atoms with van der Waals surface area (Å²) in [5.74, 6) is 0.492. The van der Waals surface area contributed by atoms with Gasteiger partial charge in [-0.2, -0.15) is 0 Å². The summed E-state index contributed by atoms with van der Waals surface area (Å²) in [6.07, 6.45) is 2.54. The van der Waals surface area contributed by atoms with Crippen LogP contribution in [0.1, 0.15) is 19.3 Å². The lowest BCUT2D eigenvalue weighted by molar-refractivity contribution is -0.123. The Morgan fingerprint density at radius 3 is 2.89 bits per heavy atom. The number of benzene rings is 1. The molecule has 1 aromatic rings. The van der Waals surface area contributed by atoms with Crippen molar-refractivity contribution in [3.8, 4) is 5.75 Å². The first kappa shape index (κ1) is 13.7. The highest BCUT2D eigenvalue weighted by molar-refractivity contribution is 5.77. The smallest absolute Gasteiger partial charge is 0.257 e. The Hall–Kier alpha value is -1.75. The van der Waals surface area contributed by atoms with E-state index in [1.54, 1.807) is 18.2 Å². The van der Waals surface area contributed by atoms with Crippen LogP contribution in [0.25, 0.3) is 0 Å². The molecule has 5 heteroatoms. The fourth-order valence-electron chi connectivity index (χ4n) is 2.31. The number of nitrogens with one attached hydrogen (secondary N) is 1. The van der Waals surface area contributed by atoms with Gasteiger partial charge in [-0.25, -0.2) is 0 Å². The number of para-hydroxylation sites is 2.